The Bertz CT molecular complexity index is 498. The Hall–Kier alpha value is -1.88. The Morgan fingerprint density at radius 2 is 2.15 bits per heavy atom. The summed E-state index contributed by atoms with van der Waals surface area (Å²) < 4.78 is 0. The third-order valence-electron chi connectivity index (χ3n) is 3.26. The van der Waals surface area contributed by atoms with E-state index < -0.39 is 0 Å². The van der Waals surface area contributed by atoms with Crippen molar-refractivity contribution < 1.29 is 9.59 Å². The quantitative estimate of drug-likeness (QED) is 0.735. The molecule has 0 bridgehead atoms. The molecule has 5 nitrogen and oxygen atoms in total. The van der Waals surface area contributed by atoms with Crippen molar-refractivity contribution in [3.63, 3.8) is 0 Å². The molecular weight excluding hydrogens is 254 g/mol. The van der Waals surface area contributed by atoms with Gasteiger partial charge in [0.05, 0.1) is 0 Å². The maximum atomic E-state index is 11.9. The average Bonchev–Trinajstić information content (AvgIpc) is 3.22. The molecule has 0 radical (unpaired) electrons. The van der Waals surface area contributed by atoms with Crippen molar-refractivity contribution >= 4 is 17.5 Å². The standard InChI is InChI=1S/C15H21N3O2/c1-10(9-16)7-14(19)17-13-4-2-3-11(8-13)15(20)18-12-5-6-12/h2-4,8,10,12H,5-7,9,16H2,1H3,(H,17,19)(H,18,20). The van der Waals surface area contributed by atoms with Gasteiger partial charge in [0.25, 0.3) is 5.91 Å². The molecule has 0 heterocycles. The molecule has 1 aliphatic rings. The minimum atomic E-state index is -0.0843. The summed E-state index contributed by atoms with van der Waals surface area (Å²) in [5.74, 6) is -0.0158. The zero-order chi connectivity index (χ0) is 14.5. The van der Waals surface area contributed by atoms with Gasteiger partial charge in [-0.1, -0.05) is 13.0 Å². The van der Waals surface area contributed by atoms with E-state index in [1.807, 2.05) is 6.92 Å². The third kappa shape index (κ3) is 4.35. The van der Waals surface area contributed by atoms with E-state index >= 15 is 0 Å². The van der Waals surface area contributed by atoms with Gasteiger partial charge in [-0.3, -0.25) is 9.59 Å². The van der Waals surface area contributed by atoms with Gasteiger partial charge in [0.1, 0.15) is 0 Å². The van der Waals surface area contributed by atoms with Crippen molar-refractivity contribution in [1.82, 2.24) is 5.32 Å². The normalized spacial score (nSPS) is 15.5. The summed E-state index contributed by atoms with van der Waals surface area (Å²) >= 11 is 0. The van der Waals surface area contributed by atoms with E-state index in [-0.39, 0.29) is 17.7 Å². The van der Waals surface area contributed by atoms with Gasteiger partial charge in [0, 0.05) is 23.7 Å². The first-order valence-corrected chi connectivity index (χ1v) is 6.99. The van der Waals surface area contributed by atoms with E-state index in [1.54, 1.807) is 24.3 Å². The number of rotatable bonds is 6. The fraction of sp³-hybridized carbons (Fsp3) is 0.467. The van der Waals surface area contributed by atoms with Crippen molar-refractivity contribution in [2.45, 2.75) is 32.2 Å². The van der Waals surface area contributed by atoms with Gasteiger partial charge >= 0.3 is 0 Å². The molecule has 0 spiro atoms. The van der Waals surface area contributed by atoms with Crippen LogP contribution < -0.4 is 16.4 Å². The van der Waals surface area contributed by atoms with E-state index in [1.165, 1.54) is 0 Å². The van der Waals surface area contributed by atoms with Crippen molar-refractivity contribution in [3.8, 4) is 0 Å². The lowest BCUT2D eigenvalue weighted by atomic mass is 10.1. The summed E-state index contributed by atoms with van der Waals surface area (Å²) in [6, 6.07) is 7.31. The molecule has 1 atom stereocenters. The van der Waals surface area contributed by atoms with Crippen LogP contribution in [-0.4, -0.2) is 24.4 Å². The predicted molar refractivity (Wildman–Crippen MR) is 78.4 cm³/mol. The van der Waals surface area contributed by atoms with Crippen LogP contribution in [0.15, 0.2) is 24.3 Å². The summed E-state index contributed by atoms with van der Waals surface area (Å²) in [6.07, 6.45) is 2.49. The highest BCUT2D eigenvalue weighted by Gasteiger charge is 2.23. The Labute approximate surface area is 118 Å². The minimum absolute atomic E-state index is 0.0808. The van der Waals surface area contributed by atoms with Crippen LogP contribution in [0.2, 0.25) is 0 Å². The molecule has 1 aliphatic carbocycles. The summed E-state index contributed by atoms with van der Waals surface area (Å²) in [5.41, 5.74) is 6.71. The van der Waals surface area contributed by atoms with Crippen LogP contribution in [0.5, 0.6) is 0 Å². The maximum Gasteiger partial charge on any atom is 0.251 e. The number of amides is 2. The van der Waals surface area contributed by atoms with Crippen LogP contribution in [-0.2, 0) is 4.79 Å². The van der Waals surface area contributed by atoms with Gasteiger partial charge < -0.3 is 16.4 Å². The Kier molecular flexibility index (Phi) is 4.74. The van der Waals surface area contributed by atoms with Crippen molar-refractivity contribution in [2.75, 3.05) is 11.9 Å². The molecule has 108 valence electrons. The molecule has 2 amide bonds. The number of nitrogens with two attached hydrogens (primary N) is 1. The lowest BCUT2D eigenvalue weighted by molar-refractivity contribution is -0.116. The minimum Gasteiger partial charge on any atom is -0.349 e. The number of carbonyl (C=O) groups excluding carboxylic acids is 2. The van der Waals surface area contributed by atoms with E-state index in [2.05, 4.69) is 10.6 Å². The molecule has 1 aromatic rings. The van der Waals surface area contributed by atoms with Gasteiger partial charge in [-0.15, -0.1) is 0 Å². The first-order chi connectivity index (χ1) is 9.58. The lowest BCUT2D eigenvalue weighted by Crippen LogP contribution is -2.25. The Morgan fingerprint density at radius 3 is 2.80 bits per heavy atom. The van der Waals surface area contributed by atoms with Crippen molar-refractivity contribution in [3.05, 3.63) is 29.8 Å². The molecular formula is C15H21N3O2. The average molecular weight is 275 g/mol. The lowest BCUT2D eigenvalue weighted by Gasteiger charge is -2.10. The Balaban J connectivity index is 1.94. The van der Waals surface area contributed by atoms with Crippen LogP contribution in [0.4, 0.5) is 5.69 Å². The third-order valence-corrected chi connectivity index (χ3v) is 3.26. The van der Waals surface area contributed by atoms with Crippen LogP contribution in [0.25, 0.3) is 0 Å². The van der Waals surface area contributed by atoms with Gasteiger partial charge in [0.15, 0.2) is 0 Å². The van der Waals surface area contributed by atoms with E-state index in [0.29, 0.717) is 30.3 Å². The molecule has 5 heteroatoms. The maximum absolute atomic E-state index is 11.9. The molecule has 0 aromatic heterocycles. The van der Waals surface area contributed by atoms with E-state index in [0.717, 1.165) is 12.8 Å². The number of benzene rings is 1. The first kappa shape index (κ1) is 14.5. The fourth-order valence-corrected chi connectivity index (χ4v) is 1.85. The highest BCUT2D eigenvalue weighted by atomic mass is 16.2. The summed E-state index contributed by atoms with van der Waals surface area (Å²) in [6.45, 7) is 2.41. The molecule has 2 rings (SSSR count). The molecule has 0 saturated heterocycles. The molecule has 20 heavy (non-hydrogen) atoms. The Morgan fingerprint density at radius 1 is 1.40 bits per heavy atom. The SMILES string of the molecule is CC(CN)CC(=O)Nc1cccc(C(=O)NC2CC2)c1. The largest absolute Gasteiger partial charge is 0.349 e. The van der Waals surface area contributed by atoms with Gasteiger partial charge in [-0.05, 0) is 43.5 Å². The topological polar surface area (TPSA) is 84.2 Å². The fourth-order valence-electron chi connectivity index (χ4n) is 1.85. The van der Waals surface area contributed by atoms with Crippen molar-refractivity contribution in [1.29, 1.82) is 0 Å². The number of hydrogen-bond donors (Lipinski definition) is 3. The van der Waals surface area contributed by atoms with Crippen LogP contribution in [0.1, 0.15) is 36.5 Å². The van der Waals surface area contributed by atoms with E-state index in [9.17, 15) is 9.59 Å². The number of carbonyl (C=O) groups is 2. The monoisotopic (exact) mass is 275 g/mol. The summed E-state index contributed by atoms with van der Waals surface area (Å²) in [4.78, 5) is 23.7. The molecule has 4 N–H and O–H groups in total. The number of hydrogen-bond acceptors (Lipinski definition) is 3. The molecule has 1 aromatic carbocycles. The van der Waals surface area contributed by atoms with Gasteiger partial charge in [-0.25, -0.2) is 0 Å². The second kappa shape index (κ2) is 6.52. The van der Waals surface area contributed by atoms with Crippen molar-refractivity contribution in [2.24, 2.45) is 11.7 Å². The van der Waals surface area contributed by atoms with Gasteiger partial charge in [-0.2, -0.15) is 0 Å². The zero-order valence-corrected chi connectivity index (χ0v) is 11.7. The van der Waals surface area contributed by atoms with Crippen LogP contribution in [0.3, 0.4) is 0 Å². The van der Waals surface area contributed by atoms with E-state index in [4.69, 9.17) is 5.73 Å². The molecule has 1 fully saturated rings. The molecule has 0 aliphatic heterocycles. The second-order valence-corrected chi connectivity index (χ2v) is 5.42. The van der Waals surface area contributed by atoms with Crippen LogP contribution >= 0.6 is 0 Å². The zero-order valence-electron chi connectivity index (χ0n) is 11.7. The number of anilines is 1. The summed E-state index contributed by atoms with van der Waals surface area (Å²) in [5, 5.41) is 5.72. The highest BCUT2D eigenvalue weighted by molar-refractivity contribution is 5.97. The van der Waals surface area contributed by atoms with Crippen LogP contribution in [0, 0.1) is 5.92 Å². The first-order valence-electron chi connectivity index (χ1n) is 6.99. The molecule has 1 saturated carbocycles. The predicted octanol–water partition coefficient (Wildman–Crippen LogP) is 1.50. The second-order valence-electron chi connectivity index (χ2n) is 5.42. The summed E-state index contributed by atoms with van der Waals surface area (Å²) in [7, 11) is 0. The van der Waals surface area contributed by atoms with Gasteiger partial charge in [0.2, 0.25) is 5.91 Å². The number of nitrogens with one attached hydrogen (secondary N) is 2. The highest BCUT2D eigenvalue weighted by Crippen LogP contribution is 2.20. The smallest absolute Gasteiger partial charge is 0.251 e. The molecule has 1 unspecified atom stereocenters.